The van der Waals surface area contributed by atoms with Gasteiger partial charge < -0.3 is 5.73 Å². The molecule has 0 bridgehead atoms. The van der Waals surface area contributed by atoms with Crippen LogP contribution in [0.5, 0.6) is 0 Å². The van der Waals surface area contributed by atoms with Gasteiger partial charge in [0.1, 0.15) is 6.34 Å². The molecule has 0 rings (SSSR count). The Morgan fingerprint density at radius 2 is 1.56 bits per heavy atom. The molecule has 56 valence electrons. The molecule has 0 saturated heterocycles. The van der Waals surface area contributed by atoms with Gasteiger partial charge in [0.05, 0.1) is 0 Å². The van der Waals surface area contributed by atoms with Gasteiger partial charge in [-0.25, -0.2) is 0 Å². The summed E-state index contributed by atoms with van der Waals surface area (Å²) in [6.07, 6.45) is 1.08. The fourth-order valence-corrected chi connectivity index (χ4v) is 0.0471. The first-order valence-corrected chi connectivity index (χ1v) is 3.11. The molecule has 9 heavy (non-hydrogen) atoms. The second-order valence-corrected chi connectivity index (χ2v) is 0.406. The van der Waals surface area contributed by atoms with Crippen LogP contribution in [-0.2, 0) is 0 Å². The van der Waals surface area contributed by atoms with E-state index in [4.69, 9.17) is 5.73 Å². The lowest BCUT2D eigenvalue weighted by atomic mass is 11.0. The molecule has 0 aromatic heterocycles. The van der Waals surface area contributed by atoms with E-state index in [1.807, 2.05) is 27.7 Å². The third kappa shape index (κ3) is 145. The van der Waals surface area contributed by atoms with E-state index in [1.165, 1.54) is 0 Å². The van der Waals surface area contributed by atoms with Gasteiger partial charge in [-0.05, 0) is 0 Å². The van der Waals surface area contributed by atoms with Gasteiger partial charge in [0.2, 0.25) is 0 Å². The average Bonchev–Trinajstić information content (AvgIpc) is 1.98. The Bertz CT molecular complexity index is 50.3. The molecule has 0 aliphatic carbocycles. The van der Waals surface area contributed by atoms with Crippen molar-refractivity contribution in [3.63, 3.8) is 0 Å². The summed E-state index contributed by atoms with van der Waals surface area (Å²) in [4.78, 5) is 0. The Kier molecular flexibility index (Phi) is 103. The number of nitrogens with zero attached hydrogens (tertiary/aromatic N) is 2. The first-order chi connectivity index (χ1) is 4.41. The first kappa shape index (κ1) is 15.7. The monoisotopic (exact) mass is 131 g/mol. The van der Waals surface area contributed by atoms with E-state index >= 15 is 0 Å². The molecule has 0 saturated carbocycles. The first-order valence-electron chi connectivity index (χ1n) is 3.11. The molecule has 0 fully saturated rings. The van der Waals surface area contributed by atoms with Gasteiger partial charge in [0.25, 0.3) is 0 Å². The summed E-state index contributed by atoms with van der Waals surface area (Å²) < 4.78 is 0. The Labute approximate surface area is 57.7 Å². The van der Waals surface area contributed by atoms with E-state index in [-0.39, 0.29) is 0 Å². The average molecular weight is 131 g/mol. The molecular formula is C6H17N3. The smallest absolute Gasteiger partial charge is 0.108 e. The predicted molar refractivity (Wildman–Crippen MR) is 44.9 cm³/mol. The molecule has 0 amide bonds. The molecule has 0 aliphatic heterocycles. The van der Waals surface area contributed by atoms with Crippen molar-refractivity contribution in [1.82, 2.24) is 0 Å². The van der Waals surface area contributed by atoms with Crippen LogP contribution >= 0.6 is 0 Å². The van der Waals surface area contributed by atoms with Crippen molar-refractivity contribution in [3.05, 3.63) is 0 Å². The third-order valence-electron chi connectivity index (χ3n) is 0.148. The number of nitrogens with two attached hydrogens (primary N) is 1. The van der Waals surface area contributed by atoms with Crippen molar-refractivity contribution < 1.29 is 0 Å². The van der Waals surface area contributed by atoms with Crippen LogP contribution in [0.2, 0.25) is 0 Å². The van der Waals surface area contributed by atoms with Gasteiger partial charge in [0, 0.05) is 6.72 Å². The van der Waals surface area contributed by atoms with Crippen LogP contribution in [0, 0.1) is 0 Å². The Morgan fingerprint density at radius 3 is 1.56 bits per heavy atom. The molecule has 3 nitrogen and oxygen atoms in total. The summed E-state index contributed by atoms with van der Waals surface area (Å²) in [6, 6.07) is 0. The predicted octanol–water partition coefficient (Wildman–Crippen LogP) is 1.64. The van der Waals surface area contributed by atoms with Crippen molar-refractivity contribution >= 4 is 13.1 Å². The van der Waals surface area contributed by atoms with Crippen molar-refractivity contribution in [1.29, 1.82) is 0 Å². The Hall–Kier alpha value is -0.860. The summed E-state index contributed by atoms with van der Waals surface area (Å²) in [5.74, 6) is 0. The van der Waals surface area contributed by atoms with Crippen molar-refractivity contribution in [3.8, 4) is 0 Å². The Balaban J connectivity index is -0.0000000771. The van der Waals surface area contributed by atoms with Crippen LogP contribution in [0.25, 0.3) is 0 Å². The summed E-state index contributed by atoms with van der Waals surface area (Å²) >= 11 is 0. The molecule has 0 aromatic rings. The van der Waals surface area contributed by atoms with Crippen LogP contribution < -0.4 is 5.73 Å². The second kappa shape index (κ2) is 58.8. The van der Waals surface area contributed by atoms with Crippen LogP contribution in [-0.4, -0.2) is 13.1 Å². The highest BCUT2D eigenvalue weighted by Gasteiger charge is 1.39. The molecule has 0 aromatic carbocycles. The minimum absolute atomic E-state index is 1.08. The zero-order chi connectivity index (χ0) is 8.12. The highest BCUT2D eigenvalue weighted by molar-refractivity contribution is 5.51. The summed E-state index contributed by atoms with van der Waals surface area (Å²) in [6.45, 7) is 11.0. The zero-order valence-corrected chi connectivity index (χ0v) is 6.76. The van der Waals surface area contributed by atoms with Gasteiger partial charge in [-0.15, -0.1) is 5.10 Å². The minimum atomic E-state index is 1.08. The molecule has 0 unspecified atom stereocenters. The molecule has 0 radical (unpaired) electrons. The fourth-order valence-electron chi connectivity index (χ4n) is 0.0471. The summed E-state index contributed by atoms with van der Waals surface area (Å²) in [5, 5.41) is 6.19. The second-order valence-electron chi connectivity index (χ2n) is 0.406. The van der Waals surface area contributed by atoms with Crippen LogP contribution in [0.4, 0.5) is 0 Å². The molecule has 0 spiro atoms. The Morgan fingerprint density at radius 1 is 1.22 bits per heavy atom. The molecule has 0 atom stereocenters. The maximum atomic E-state index is 4.71. The van der Waals surface area contributed by atoms with E-state index in [2.05, 4.69) is 16.9 Å². The quantitative estimate of drug-likeness (QED) is 0.328. The molecule has 0 heterocycles. The van der Waals surface area contributed by atoms with Crippen LogP contribution in [0.3, 0.4) is 0 Å². The van der Waals surface area contributed by atoms with E-state index in [1.54, 1.807) is 0 Å². The van der Waals surface area contributed by atoms with E-state index < -0.39 is 0 Å². The topological polar surface area (TPSA) is 50.7 Å². The van der Waals surface area contributed by atoms with E-state index in [0.717, 1.165) is 6.34 Å². The fraction of sp³-hybridized carbons (Fsp3) is 0.667. The standard InChI is InChI=1S/C2H5N3.2C2H6/c1-4-5-2-3;2*1-2/h2H,1H2,(H2,3,5);2*1-2H3. The lowest BCUT2D eigenvalue weighted by molar-refractivity contribution is 1.27. The number of rotatable bonds is 1. The zero-order valence-electron chi connectivity index (χ0n) is 6.76. The van der Waals surface area contributed by atoms with Gasteiger partial charge in [-0.2, -0.15) is 5.10 Å². The maximum Gasteiger partial charge on any atom is 0.108 e. The van der Waals surface area contributed by atoms with E-state index in [0.29, 0.717) is 0 Å². The minimum Gasteiger partial charge on any atom is -0.388 e. The van der Waals surface area contributed by atoms with Crippen molar-refractivity contribution in [2.45, 2.75) is 27.7 Å². The molecular weight excluding hydrogens is 114 g/mol. The number of hydrogen-bond acceptors (Lipinski definition) is 2. The van der Waals surface area contributed by atoms with Gasteiger partial charge in [-0.3, -0.25) is 0 Å². The van der Waals surface area contributed by atoms with Gasteiger partial charge in [0.15, 0.2) is 0 Å². The SMILES string of the molecule is C=N/N=C\N.CC.CC. The maximum absolute atomic E-state index is 4.71. The molecule has 0 aliphatic rings. The van der Waals surface area contributed by atoms with E-state index in [9.17, 15) is 0 Å². The van der Waals surface area contributed by atoms with Gasteiger partial charge in [-0.1, -0.05) is 27.7 Å². The van der Waals surface area contributed by atoms with Crippen molar-refractivity contribution in [2.24, 2.45) is 15.9 Å². The normalized spacial score (nSPS) is 6.22. The number of hydrogen-bond donors (Lipinski definition) is 1. The summed E-state index contributed by atoms with van der Waals surface area (Å²) in [7, 11) is 0. The highest BCUT2D eigenvalue weighted by atomic mass is 15.2. The summed E-state index contributed by atoms with van der Waals surface area (Å²) in [5.41, 5.74) is 4.71. The van der Waals surface area contributed by atoms with Crippen LogP contribution in [0.15, 0.2) is 10.2 Å². The third-order valence-corrected chi connectivity index (χ3v) is 0.148. The van der Waals surface area contributed by atoms with Gasteiger partial charge >= 0.3 is 0 Å². The largest absolute Gasteiger partial charge is 0.388 e. The lowest BCUT2D eigenvalue weighted by Gasteiger charge is -1.60. The molecule has 2 N–H and O–H groups in total. The van der Waals surface area contributed by atoms with Crippen LogP contribution in [0.1, 0.15) is 27.7 Å². The van der Waals surface area contributed by atoms with Crippen molar-refractivity contribution in [2.75, 3.05) is 0 Å². The lowest BCUT2D eigenvalue weighted by Crippen LogP contribution is -1.84. The highest BCUT2D eigenvalue weighted by Crippen LogP contribution is 1.51. The molecule has 3 heteroatoms.